The van der Waals surface area contributed by atoms with Gasteiger partial charge in [-0.1, -0.05) is 6.07 Å². The standard InChI is InChI=1S/C14H16N2O2S/c1-9-2-3-11-12(14(17)18)15-13(16(11)8-9)10-4-6-19-7-5-10/h2-3,8,10H,4-7H2,1H3,(H,17,18). The predicted octanol–water partition coefficient (Wildman–Crippen LogP) is 2.95. The van der Waals surface area contributed by atoms with Gasteiger partial charge in [0, 0.05) is 12.1 Å². The maximum atomic E-state index is 11.3. The van der Waals surface area contributed by atoms with Gasteiger partial charge in [0.25, 0.3) is 0 Å². The van der Waals surface area contributed by atoms with Crippen molar-refractivity contribution in [1.29, 1.82) is 0 Å². The van der Waals surface area contributed by atoms with Crippen LogP contribution in [0.4, 0.5) is 0 Å². The lowest BCUT2D eigenvalue weighted by molar-refractivity contribution is 0.0693. The molecule has 0 atom stereocenters. The van der Waals surface area contributed by atoms with E-state index in [0.717, 1.165) is 35.7 Å². The Bertz CT molecular complexity index is 630. The number of carboxylic acid groups (broad SMARTS) is 1. The fraction of sp³-hybridized carbons (Fsp3) is 0.429. The number of imidazole rings is 1. The zero-order chi connectivity index (χ0) is 13.4. The first-order valence-corrected chi connectivity index (χ1v) is 7.62. The molecule has 0 spiro atoms. The molecule has 0 aliphatic carbocycles. The van der Waals surface area contributed by atoms with Crippen LogP contribution < -0.4 is 0 Å². The number of carboxylic acids is 1. The number of fused-ring (bicyclic) bond motifs is 1. The van der Waals surface area contributed by atoms with Crippen LogP contribution in [0.1, 0.15) is 40.6 Å². The van der Waals surface area contributed by atoms with E-state index in [1.165, 1.54) is 0 Å². The molecule has 1 N–H and O–H groups in total. The van der Waals surface area contributed by atoms with Crippen LogP contribution >= 0.6 is 11.8 Å². The van der Waals surface area contributed by atoms with Crippen molar-refractivity contribution in [3.05, 3.63) is 35.4 Å². The molecule has 3 rings (SSSR count). The van der Waals surface area contributed by atoms with Crippen molar-refractivity contribution in [3.8, 4) is 0 Å². The first-order chi connectivity index (χ1) is 9.16. The first-order valence-electron chi connectivity index (χ1n) is 6.46. The third kappa shape index (κ3) is 2.23. The Labute approximate surface area is 115 Å². The number of hydrogen-bond acceptors (Lipinski definition) is 3. The molecule has 0 aromatic carbocycles. The molecule has 0 unspecified atom stereocenters. The zero-order valence-corrected chi connectivity index (χ0v) is 11.6. The van der Waals surface area contributed by atoms with Crippen LogP contribution in [-0.2, 0) is 0 Å². The Morgan fingerprint density at radius 2 is 2.16 bits per heavy atom. The molecule has 100 valence electrons. The third-order valence-electron chi connectivity index (χ3n) is 3.60. The highest BCUT2D eigenvalue weighted by molar-refractivity contribution is 7.99. The lowest BCUT2D eigenvalue weighted by atomic mass is 10.0. The lowest BCUT2D eigenvalue weighted by Gasteiger charge is -2.20. The largest absolute Gasteiger partial charge is 0.476 e. The smallest absolute Gasteiger partial charge is 0.356 e. The predicted molar refractivity (Wildman–Crippen MR) is 76.2 cm³/mol. The highest BCUT2D eigenvalue weighted by Crippen LogP contribution is 2.32. The molecule has 0 radical (unpaired) electrons. The second-order valence-electron chi connectivity index (χ2n) is 4.97. The monoisotopic (exact) mass is 276 g/mol. The molecular formula is C14H16N2O2S. The van der Waals surface area contributed by atoms with Gasteiger partial charge in [0.15, 0.2) is 5.69 Å². The van der Waals surface area contributed by atoms with Crippen molar-refractivity contribution < 1.29 is 9.90 Å². The van der Waals surface area contributed by atoms with Gasteiger partial charge in [0.1, 0.15) is 5.82 Å². The summed E-state index contributed by atoms with van der Waals surface area (Å²) in [5, 5.41) is 9.28. The average molecular weight is 276 g/mol. The number of rotatable bonds is 2. The topological polar surface area (TPSA) is 54.6 Å². The fourth-order valence-electron chi connectivity index (χ4n) is 2.62. The van der Waals surface area contributed by atoms with E-state index in [0.29, 0.717) is 11.4 Å². The molecule has 0 bridgehead atoms. The number of aromatic nitrogens is 2. The minimum absolute atomic E-state index is 0.174. The maximum absolute atomic E-state index is 11.3. The van der Waals surface area contributed by atoms with Gasteiger partial charge >= 0.3 is 5.97 Å². The van der Waals surface area contributed by atoms with Crippen LogP contribution in [0.15, 0.2) is 18.3 Å². The van der Waals surface area contributed by atoms with E-state index in [4.69, 9.17) is 0 Å². The second-order valence-corrected chi connectivity index (χ2v) is 6.20. The maximum Gasteiger partial charge on any atom is 0.356 e. The summed E-state index contributed by atoms with van der Waals surface area (Å²) in [5.41, 5.74) is 1.99. The number of aromatic carboxylic acids is 1. The highest BCUT2D eigenvalue weighted by atomic mass is 32.2. The van der Waals surface area contributed by atoms with Gasteiger partial charge in [-0.3, -0.25) is 0 Å². The van der Waals surface area contributed by atoms with Crippen molar-refractivity contribution in [3.63, 3.8) is 0 Å². The van der Waals surface area contributed by atoms with Crippen LogP contribution in [0, 0.1) is 6.92 Å². The Morgan fingerprint density at radius 3 is 2.84 bits per heavy atom. The summed E-state index contributed by atoms with van der Waals surface area (Å²) < 4.78 is 1.97. The Balaban J connectivity index is 2.17. The fourth-order valence-corrected chi connectivity index (χ4v) is 3.72. The number of thioether (sulfide) groups is 1. The molecule has 1 aliphatic heterocycles. The molecule has 1 fully saturated rings. The van der Waals surface area contributed by atoms with Gasteiger partial charge in [-0.05, 0) is 42.9 Å². The van der Waals surface area contributed by atoms with E-state index in [1.807, 2.05) is 41.4 Å². The van der Waals surface area contributed by atoms with Crippen LogP contribution in [0.5, 0.6) is 0 Å². The molecular weight excluding hydrogens is 260 g/mol. The number of nitrogens with zero attached hydrogens (tertiary/aromatic N) is 2. The van der Waals surface area contributed by atoms with Gasteiger partial charge in [-0.2, -0.15) is 11.8 Å². The average Bonchev–Trinajstić information content (AvgIpc) is 2.78. The van der Waals surface area contributed by atoms with E-state index in [1.54, 1.807) is 0 Å². The SMILES string of the molecule is Cc1ccc2c(C(=O)O)nc(C3CCSCC3)n2c1. The second kappa shape index (κ2) is 4.89. The molecule has 1 aliphatic rings. The molecule has 19 heavy (non-hydrogen) atoms. The molecule has 5 heteroatoms. The summed E-state index contributed by atoms with van der Waals surface area (Å²) in [6.45, 7) is 2.01. The van der Waals surface area contributed by atoms with Crippen molar-refractivity contribution in [1.82, 2.24) is 9.38 Å². The van der Waals surface area contributed by atoms with Crippen molar-refractivity contribution >= 4 is 23.2 Å². The molecule has 0 saturated carbocycles. The van der Waals surface area contributed by atoms with E-state index in [2.05, 4.69) is 4.98 Å². The van der Waals surface area contributed by atoms with Gasteiger partial charge in [-0.25, -0.2) is 9.78 Å². The van der Waals surface area contributed by atoms with Crippen LogP contribution in [0.2, 0.25) is 0 Å². The van der Waals surface area contributed by atoms with Gasteiger partial charge in [-0.15, -0.1) is 0 Å². The highest BCUT2D eigenvalue weighted by Gasteiger charge is 2.24. The minimum atomic E-state index is -0.946. The summed E-state index contributed by atoms with van der Waals surface area (Å²) >= 11 is 1.96. The molecule has 2 aromatic rings. The van der Waals surface area contributed by atoms with Gasteiger partial charge < -0.3 is 9.51 Å². The summed E-state index contributed by atoms with van der Waals surface area (Å²) in [5.74, 6) is 2.61. The lowest BCUT2D eigenvalue weighted by Crippen LogP contribution is -2.11. The summed E-state index contributed by atoms with van der Waals surface area (Å²) in [6, 6.07) is 3.79. The molecule has 3 heterocycles. The van der Waals surface area contributed by atoms with Crippen LogP contribution in [0.25, 0.3) is 5.52 Å². The molecule has 4 nitrogen and oxygen atoms in total. The number of pyridine rings is 1. The van der Waals surface area contributed by atoms with E-state index in [-0.39, 0.29) is 5.69 Å². The van der Waals surface area contributed by atoms with Gasteiger partial charge in [0.2, 0.25) is 0 Å². The van der Waals surface area contributed by atoms with Crippen LogP contribution in [-0.4, -0.2) is 32.0 Å². The van der Waals surface area contributed by atoms with E-state index >= 15 is 0 Å². The zero-order valence-electron chi connectivity index (χ0n) is 10.8. The number of hydrogen-bond donors (Lipinski definition) is 1. The summed E-state index contributed by atoms with van der Waals surface area (Å²) in [6.07, 6.45) is 4.15. The molecule has 2 aromatic heterocycles. The Kier molecular flexibility index (Phi) is 3.22. The summed E-state index contributed by atoms with van der Waals surface area (Å²) in [7, 11) is 0. The minimum Gasteiger partial charge on any atom is -0.476 e. The number of carbonyl (C=O) groups is 1. The first kappa shape index (κ1) is 12.5. The summed E-state index contributed by atoms with van der Waals surface area (Å²) in [4.78, 5) is 15.7. The van der Waals surface area contributed by atoms with Crippen molar-refractivity contribution in [2.75, 3.05) is 11.5 Å². The van der Waals surface area contributed by atoms with E-state index in [9.17, 15) is 9.90 Å². The van der Waals surface area contributed by atoms with Crippen LogP contribution in [0.3, 0.4) is 0 Å². The Morgan fingerprint density at radius 1 is 1.42 bits per heavy atom. The quantitative estimate of drug-likeness (QED) is 0.916. The Hall–Kier alpha value is -1.49. The molecule has 0 amide bonds. The normalized spacial score (nSPS) is 16.9. The van der Waals surface area contributed by atoms with Gasteiger partial charge in [0.05, 0.1) is 5.52 Å². The number of aryl methyl sites for hydroxylation is 1. The van der Waals surface area contributed by atoms with Crippen molar-refractivity contribution in [2.24, 2.45) is 0 Å². The van der Waals surface area contributed by atoms with Crippen molar-refractivity contribution in [2.45, 2.75) is 25.7 Å². The third-order valence-corrected chi connectivity index (χ3v) is 4.65. The van der Waals surface area contributed by atoms with E-state index < -0.39 is 5.97 Å². The molecule has 1 saturated heterocycles.